The topological polar surface area (TPSA) is 47.3 Å². The fourth-order valence-corrected chi connectivity index (χ4v) is 0.361. The molecular weight excluding hydrogens is 149 g/mol. The Morgan fingerprint density at radius 1 is 1.40 bits per heavy atom. The molecule has 0 aliphatic rings. The Balaban J connectivity index is 3.04. The number of hydrogen-bond donors (Lipinski definition) is 2. The van der Waals surface area contributed by atoms with Crippen LogP contribution in [0.25, 0.3) is 0 Å². The van der Waals surface area contributed by atoms with Crippen molar-refractivity contribution in [2.75, 3.05) is 19.7 Å². The largest absolute Gasteiger partial charge is 0.401 e. The van der Waals surface area contributed by atoms with Gasteiger partial charge < -0.3 is 10.2 Å². The van der Waals surface area contributed by atoms with Crippen molar-refractivity contribution >= 4 is 0 Å². The summed E-state index contributed by atoms with van der Waals surface area (Å²) in [5.74, 6) is 4.56. The second-order valence-corrected chi connectivity index (χ2v) is 1.66. The molecule has 0 unspecified atom stereocenters. The minimum atomic E-state index is -4.16. The van der Waals surface area contributed by atoms with Gasteiger partial charge >= 0.3 is 6.18 Å². The van der Waals surface area contributed by atoms with Crippen LogP contribution in [0.15, 0.2) is 0 Å². The third-order valence-electron chi connectivity index (χ3n) is 0.722. The molecular formula is C4H9F3N2O. The van der Waals surface area contributed by atoms with Gasteiger partial charge in [0.15, 0.2) is 0 Å². The van der Waals surface area contributed by atoms with Crippen LogP contribution in [0.3, 0.4) is 0 Å². The zero-order valence-electron chi connectivity index (χ0n) is 5.24. The predicted molar refractivity (Wildman–Crippen MR) is 29.1 cm³/mol. The molecule has 0 aliphatic carbocycles. The highest BCUT2D eigenvalue weighted by atomic mass is 19.4. The van der Waals surface area contributed by atoms with Crippen molar-refractivity contribution in [1.29, 1.82) is 0 Å². The Labute approximate surface area is 56.3 Å². The lowest BCUT2D eigenvalue weighted by atomic mass is 10.6. The Morgan fingerprint density at radius 2 is 2.00 bits per heavy atom. The number of rotatable bonds is 4. The molecule has 10 heavy (non-hydrogen) atoms. The van der Waals surface area contributed by atoms with Crippen LogP contribution in [-0.2, 0) is 4.84 Å². The highest BCUT2D eigenvalue weighted by molar-refractivity contribution is 4.54. The van der Waals surface area contributed by atoms with Gasteiger partial charge in [-0.25, -0.2) is 5.90 Å². The van der Waals surface area contributed by atoms with E-state index >= 15 is 0 Å². The molecule has 0 heterocycles. The van der Waals surface area contributed by atoms with Crippen LogP contribution in [0.5, 0.6) is 0 Å². The molecule has 0 atom stereocenters. The summed E-state index contributed by atoms with van der Waals surface area (Å²) in [5, 5.41) is 2.10. The van der Waals surface area contributed by atoms with Crippen LogP contribution >= 0.6 is 0 Å². The van der Waals surface area contributed by atoms with E-state index in [1.807, 2.05) is 0 Å². The van der Waals surface area contributed by atoms with Gasteiger partial charge in [0, 0.05) is 6.54 Å². The molecule has 0 spiro atoms. The smallest absolute Gasteiger partial charge is 0.306 e. The number of alkyl halides is 3. The first kappa shape index (κ1) is 9.67. The lowest BCUT2D eigenvalue weighted by Gasteiger charge is -2.06. The second kappa shape index (κ2) is 4.48. The van der Waals surface area contributed by atoms with Gasteiger partial charge in [0.2, 0.25) is 0 Å². The second-order valence-electron chi connectivity index (χ2n) is 1.66. The Bertz CT molecular complexity index is 85.1. The summed E-state index contributed by atoms with van der Waals surface area (Å²) in [4.78, 5) is 4.03. The summed E-state index contributed by atoms with van der Waals surface area (Å²) >= 11 is 0. The van der Waals surface area contributed by atoms with Crippen molar-refractivity contribution in [3.05, 3.63) is 0 Å². The van der Waals surface area contributed by atoms with E-state index in [0.29, 0.717) is 0 Å². The predicted octanol–water partition coefficient (Wildman–Crippen LogP) is 0.0286. The molecule has 0 aromatic carbocycles. The molecule has 0 aromatic heterocycles. The average molecular weight is 158 g/mol. The first-order chi connectivity index (χ1) is 4.56. The maximum atomic E-state index is 11.3. The van der Waals surface area contributed by atoms with Gasteiger partial charge in [-0.15, -0.1) is 0 Å². The van der Waals surface area contributed by atoms with Crippen LogP contribution in [0.4, 0.5) is 13.2 Å². The highest BCUT2D eigenvalue weighted by Crippen LogP contribution is 2.11. The van der Waals surface area contributed by atoms with Crippen molar-refractivity contribution < 1.29 is 18.0 Å². The average Bonchev–Trinajstić information content (AvgIpc) is 1.78. The molecule has 3 N–H and O–H groups in total. The van der Waals surface area contributed by atoms with Gasteiger partial charge in [0.05, 0.1) is 13.2 Å². The molecule has 0 fully saturated rings. The number of nitrogens with one attached hydrogen (secondary N) is 1. The maximum Gasteiger partial charge on any atom is 0.401 e. The van der Waals surface area contributed by atoms with Crippen molar-refractivity contribution in [3.63, 3.8) is 0 Å². The summed E-state index contributed by atoms with van der Waals surface area (Å²) in [5.41, 5.74) is 0. The third-order valence-corrected chi connectivity index (χ3v) is 0.722. The molecule has 0 saturated carbocycles. The van der Waals surface area contributed by atoms with Crippen LogP contribution in [0.2, 0.25) is 0 Å². The summed E-state index contributed by atoms with van der Waals surface area (Å²) in [6.45, 7) is -0.817. The number of nitrogens with two attached hydrogens (primary N) is 1. The SMILES string of the molecule is NOCCNCC(F)(F)F. The van der Waals surface area contributed by atoms with E-state index in [-0.39, 0.29) is 13.2 Å². The fourth-order valence-electron chi connectivity index (χ4n) is 0.361. The highest BCUT2D eigenvalue weighted by Gasteiger charge is 2.25. The minimum absolute atomic E-state index is 0.0794. The molecule has 62 valence electrons. The number of hydrogen-bond acceptors (Lipinski definition) is 3. The van der Waals surface area contributed by atoms with Crippen LogP contribution in [-0.4, -0.2) is 25.9 Å². The normalized spacial score (nSPS) is 12.0. The van der Waals surface area contributed by atoms with Crippen molar-refractivity contribution in [3.8, 4) is 0 Å². The van der Waals surface area contributed by atoms with E-state index in [0.717, 1.165) is 0 Å². The van der Waals surface area contributed by atoms with E-state index in [9.17, 15) is 13.2 Å². The first-order valence-corrected chi connectivity index (χ1v) is 2.65. The summed E-state index contributed by atoms with van der Waals surface area (Å²) in [7, 11) is 0. The van der Waals surface area contributed by atoms with Gasteiger partial charge in [-0.05, 0) is 0 Å². The lowest BCUT2D eigenvalue weighted by Crippen LogP contribution is -2.31. The number of halogens is 3. The van der Waals surface area contributed by atoms with Crippen molar-refractivity contribution in [1.82, 2.24) is 5.32 Å². The maximum absolute atomic E-state index is 11.3. The molecule has 0 rings (SSSR count). The van der Waals surface area contributed by atoms with Crippen LogP contribution in [0, 0.1) is 0 Å². The van der Waals surface area contributed by atoms with E-state index in [2.05, 4.69) is 16.1 Å². The van der Waals surface area contributed by atoms with E-state index < -0.39 is 12.7 Å². The Kier molecular flexibility index (Phi) is 4.33. The van der Waals surface area contributed by atoms with Crippen molar-refractivity contribution in [2.45, 2.75) is 6.18 Å². The lowest BCUT2D eigenvalue weighted by molar-refractivity contribution is -0.125. The summed E-state index contributed by atoms with van der Waals surface area (Å²) in [6.07, 6.45) is -4.16. The monoisotopic (exact) mass is 158 g/mol. The molecule has 0 amide bonds. The zero-order valence-corrected chi connectivity index (χ0v) is 5.24. The van der Waals surface area contributed by atoms with E-state index in [1.165, 1.54) is 0 Å². The van der Waals surface area contributed by atoms with Crippen LogP contribution in [0.1, 0.15) is 0 Å². The van der Waals surface area contributed by atoms with Gasteiger partial charge in [-0.1, -0.05) is 0 Å². The fraction of sp³-hybridized carbons (Fsp3) is 1.00. The standard InChI is InChI=1S/C4H9F3N2O/c5-4(6,7)3-9-1-2-10-8/h9H,1-3,8H2. The molecule has 0 aliphatic heterocycles. The molecule has 0 bridgehead atoms. The summed E-state index contributed by atoms with van der Waals surface area (Å²) < 4.78 is 34.0. The van der Waals surface area contributed by atoms with Crippen molar-refractivity contribution in [2.24, 2.45) is 5.90 Å². The van der Waals surface area contributed by atoms with Gasteiger partial charge in [-0.3, -0.25) is 0 Å². The molecule has 0 saturated heterocycles. The molecule has 0 radical (unpaired) electrons. The van der Waals surface area contributed by atoms with E-state index in [4.69, 9.17) is 0 Å². The Morgan fingerprint density at radius 3 is 2.40 bits per heavy atom. The third kappa shape index (κ3) is 7.67. The minimum Gasteiger partial charge on any atom is -0.306 e. The first-order valence-electron chi connectivity index (χ1n) is 2.65. The molecule has 3 nitrogen and oxygen atoms in total. The molecule has 0 aromatic rings. The molecule has 6 heteroatoms. The zero-order chi connectivity index (χ0) is 8.04. The van der Waals surface area contributed by atoms with Gasteiger partial charge in [-0.2, -0.15) is 13.2 Å². The van der Waals surface area contributed by atoms with Gasteiger partial charge in [0.1, 0.15) is 0 Å². The van der Waals surface area contributed by atoms with Gasteiger partial charge in [0.25, 0.3) is 0 Å². The summed E-state index contributed by atoms with van der Waals surface area (Å²) in [6, 6.07) is 0. The Hall–Kier alpha value is -0.330. The van der Waals surface area contributed by atoms with Crippen LogP contribution < -0.4 is 11.2 Å². The quantitative estimate of drug-likeness (QED) is 0.448. The van der Waals surface area contributed by atoms with E-state index in [1.54, 1.807) is 0 Å².